The van der Waals surface area contributed by atoms with Gasteiger partial charge in [-0.2, -0.15) is 0 Å². The van der Waals surface area contributed by atoms with Gasteiger partial charge in [0.1, 0.15) is 5.75 Å². The Bertz CT molecular complexity index is 613. The molecule has 0 radical (unpaired) electrons. The van der Waals surface area contributed by atoms with Crippen molar-refractivity contribution in [2.75, 3.05) is 0 Å². The first kappa shape index (κ1) is 15.4. The molecule has 1 amide bonds. The maximum Gasteiger partial charge on any atom is 0.253 e. The fourth-order valence-electron chi connectivity index (χ4n) is 2.09. The van der Waals surface area contributed by atoms with E-state index in [2.05, 4.69) is 17.4 Å². The molecule has 21 heavy (non-hydrogen) atoms. The zero-order valence-electron chi connectivity index (χ0n) is 11.8. The molecule has 0 spiro atoms. The minimum Gasteiger partial charge on any atom is -0.508 e. The second-order valence-electron chi connectivity index (χ2n) is 5.06. The average molecular weight is 304 g/mol. The molecule has 0 aliphatic rings. The number of carbonyl (C=O) groups excluding carboxylic acids is 1. The van der Waals surface area contributed by atoms with E-state index in [1.54, 1.807) is 0 Å². The number of carbonyl (C=O) groups is 1. The number of halogens is 1. The number of aryl methyl sites for hydroxylation is 1. The van der Waals surface area contributed by atoms with E-state index in [-0.39, 0.29) is 17.7 Å². The number of hydrogen-bond acceptors (Lipinski definition) is 2. The molecular formula is C17H18ClNO2. The standard InChI is InChI=1S/C17H18ClNO2/c1-12(7-8-13-5-3-2-4-6-13)19-17(21)15-11-14(20)9-10-16(15)18/h2-6,9-12,20H,7-8H2,1H3,(H,19,21). The Hall–Kier alpha value is -2.00. The van der Waals surface area contributed by atoms with Crippen LogP contribution in [0.15, 0.2) is 48.5 Å². The quantitative estimate of drug-likeness (QED) is 0.882. The Balaban J connectivity index is 1.91. The molecule has 3 nitrogen and oxygen atoms in total. The van der Waals surface area contributed by atoms with Gasteiger partial charge in [-0.25, -0.2) is 0 Å². The van der Waals surface area contributed by atoms with E-state index in [1.807, 2.05) is 25.1 Å². The second kappa shape index (κ2) is 7.14. The van der Waals surface area contributed by atoms with E-state index in [1.165, 1.54) is 23.8 Å². The summed E-state index contributed by atoms with van der Waals surface area (Å²) in [4.78, 5) is 12.1. The molecule has 4 heteroatoms. The molecule has 0 aliphatic heterocycles. The summed E-state index contributed by atoms with van der Waals surface area (Å²) in [6, 6.07) is 14.5. The molecule has 0 saturated heterocycles. The van der Waals surface area contributed by atoms with Crippen LogP contribution in [-0.4, -0.2) is 17.1 Å². The predicted octanol–water partition coefficient (Wildman–Crippen LogP) is 3.80. The van der Waals surface area contributed by atoms with Gasteiger partial charge in [0, 0.05) is 6.04 Å². The molecule has 2 N–H and O–H groups in total. The first-order chi connectivity index (χ1) is 10.1. The van der Waals surface area contributed by atoms with E-state index < -0.39 is 0 Å². The fraction of sp³-hybridized carbons (Fsp3) is 0.235. The third-order valence-corrected chi connectivity index (χ3v) is 3.61. The van der Waals surface area contributed by atoms with Crippen LogP contribution in [0.2, 0.25) is 5.02 Å². The van der Waals surface area contributed by atoms with E-state index in [4.69, 9.17) is 11.6 Å². The van der Waals surface area contributed by atoms with Crippen molar-refractivity contribution in [3.63, 3.8) is 0 Å². The lowest BCUT2D eigenvalue weighted by molar-refractivity contribution is 0.0938. The highest BCUT2D eigenvalue weighted by atomic mass is 35.5. The number of benzene rings is 2. The van der Waals surface area contributed by atoms with Crippen molar-refractivity contribution in [2.24, 2.45) is 0 Å². The van der Waals surface area contributed by atoms with E-state index >= 15 is 0 Å². The van der Waals surface area contributed by atoms with Crippen LogP contribution in [0.4, 0.5) is 0 Å². The summed E-state index contributed by atoms with van der Waals surface area (Å²) in [5, 5.41) is 12.7. The topological polar surface area (TPSA) is 49.3 Å². The van der Waals surface area contributed by atoms with Gasteiger partial charge in [-0.15, -0.1) is 0 Å². The summed E-state index contributed by atoms with van der Waals surface area (Å²) in [6.45, 7) is 1.96. The Morgan fingerprint density at radius 3 is 2.67 bits per heavy atom. The molecule has 1 atom stereocenters. The number of rotatable bonds is 5. The van der Waals surface area contributed by atoms with Crippen molar-refractivity contribution >= 4 is 17.5 Å². The first-order valence-corrected chi connectivity index (χ1v) is 7.27. The van der Waals surface area contributed by atoms with Gasteiger partial charge in [0.15, 0.2) is 0 Å². The van der Waals surface area contributed by atoms with Gasteiger partial charge >= 0.3 is 0 Å². The van der Waals surface area contributed by atoms with Crippen molar-refractivity contribution in [3.8, 4) is 5.75 Å². The van der Waals surface area contributed by atoms with Crippen LogP contribution in [0, 0.1) is 0 Å². The lowest BCUT2D eigenvalue weighted by atomic mass is 10.1. The Morgan fingerprint density at radius 2 is 1.95 bits per heavy atom. The Morgan fingerprint density at radius 1 is 1.24 bits per heavy atom. The van der Waals surface area contributed by atoms with Crippen molar-refractivity contribution in [2.45, 2.75) is 25.8 Å². The summed E-state index contributed by atoms with van der Waals surface area (Å²) in [5.74, 6) is -0.238. The largest absolute Gasteiger partial charge is 0.508 e. The molecule has 0 saturated carbocycles. The molecule has 0 bridgehead atoms. The lowest BCUT2D eigenvalue weighted by Crippen LogP contribution is -2.33. The molecule has 110 valence electrons. The van der Waals surface area contributed by atoms with Crippen LogP contribution in [-0.2, 0) is 6.42 Å². The monoisotopic (exact) mass is 303 g/mol. The van der Waals surface area contributed by atoms with Crippen LogP contribution < -0.4 is 5.32 Å². The number of amides is 1. The molecule has 2 rings (SSSR count). The molecule has 2 aromatic rings. The van der Waals surface area contributed by atoms with Crippen LogP contribution >= 0.6 is 11.6 Å². The summed E-state index contributed by atoms with van der Waals surface area (Å²) >= 11 is 5.98. The van der Waals surface area contributed by atoms with Crippen LogP contribution in [0.25, 0.3) is 0 Å². The molecule has 0 aromatic heterocycles. The maximum atomic E-state index is 12.1. The molecule has 0 aliphatic carbocycles. The average Bonchev–Trinajstić information content (AvgIpc) is 2.48. The predicted molar refractivity (Wildman–Crippen MR) is 84.8 cm³/mol. The highest BCUT2D eigenvalue weighted by Crippen LogP contribution is 2.21. The van der Waals surface area contributed by atoms with E-state index in [0.717, 1.165) is 12.8 Å². The minimum absolute atomic E-state index is 0.0242. The van der Waals surface area contributed by atoms with Gasteiger partial charge in [-0.3, -0.25) is 4.79 Å². The molecule has 0 fully saturated rings. The van der Waals surface area contributed by atoms with Crippen molar-refractivity contribution in [1.29, 1.82) is 0 Å². The van der Waals surface area contributed by atoms with Crippen LogP contribution in [0.1, 0.15) is 29.3 Å². The van der Waals surface area contributed by atoms with E-state index in [0.29, 0.717) is 10.6 Å². The third kappa shape index (κ3) is 4.50. The number of nitrogens with one attached hydrogen (secondary N) is 1. The first-order valence-electron chi connectivity index (χ1n) is 6.89. The Labute approximate surface area is 129 Å². The van der Waals surface area contributed by atoms with Crippen LogP contribution in [0.5, 0.6) is 5.75 Å². The summed E-state index contributed by atoms with van der Waals surface area (Å²) < 4.78 is 0. The minimum atomic E-state index is -0.267. The van der Waals surface area contributed by atoms with E-state index in [9.17, 15) is 9.90 Å². The maximum absolute atomic E-state index is 12.1. The Kier molecular flexibility index (Phi) is 5.23. The normalized spacial score (nSPS) is 11.9. The highest BCUT2D eigenvalue weighted by molar-refractivity contribution is 6.33. The molecule has 1 unspecified atom stereocenters. The highest BCUT2D eigenvalue weighted by Gasteiger charge is 2.13. The van der Waals surface area contributed by atoms with Gasteiger partial charge in [0.2, 0.25) is 0 Å². The van der Waals surface area contributed by atoms with Gasteiger partial charge in [0.05, 0.1) is 10.6 Å². The zero-order chi connectivity index (χ0) is 15.2. The number of phenolic OH excluding ortho intramolecular Hbond substituents is 1. The molecule has 2 aromatic carbocycles. The fourth-order valence-corrected chi connectivity index (χ4v) is 2.29. The number of aromatic hydroxyl groups is 1. The number of phenols is 1. The number of hydrogen-bond donors (Lipinski definition) is 2. The molecule has 0 heterocycles. The van der Waals surface area contributed by atoms with Crippen molar-refractivity contribution in [3.05, 3.63) is 64.7 Å². The van der Waals surface area contributed by atoms with Gasteiger partial charge in [-0.1, -0.05) is 41.9 Å². The van der Waals surface area contributed by atoms with Crippen molar-refractivity contribution < 1.29 is 9.90 Å². The SMILES string of the molecule is CC(CCc1ccccc1)NC(=O)c1cc(O)ccc1Cl. The second-order valence-corrected chi connectivity index (χ2v) is 5.47. The van der Waals surface area contributed by atoms with Gasteiger partial charge < -0.3 is 10.4 Å². The van der Waals surface area contributed by atoms with Gasteiger partial charge in [0.25, 0.3) is 5.91 Å². The third-order valence-electron chi connectivity index (χ3n) is 3.28. The molecular weight excluding hydrogens is 286 g/mol. The lowest BCUT2D eigenvalue weighted by Gasteiger charge is -2.14. The van der Waals surface area contributed by atoms with Gasteiger partial charge in [-0.05, 0) is 43.5 Å². The summed E-state index contributed by atoms with van der Waals surface area (Å²) in [6.07, 6.45) is 1.74. The van der Waals surface area contributed by atoms with Crippen molar-refractivity contribution in [1.82, 2.24) is 5.32 Å². The smallest absolute Gasteiger partial charge is 0.253 e. The van der Waals surface area contributed by atoms with Crippen LogP contribution in [0.3, 0.4) is 0 Å². The summed E-state index contributed by atoms with van der Waals surface area (Å²) in [7, 11) is 0. The zero-order valence-corrected chi connectivity index (χ0v) is 12.6. The summed E-state index contributed by atoms with van der Waals surface area (Å²) in [5.41, 5.74) is 1.54.